The Morgan fingerprint density at radius 2 is 2.32 bits per heavy atom. The van der Waals surface area contributed by atoms with E-state index >= 15 is 0 Å². The molecule has 0 unspecified atom stereocenters. The van der Waals surface area contributed by atoms with Gasteiger partial charge in [0.1, 0.15) is 12.1 Å². The van der Waals surface area contributed by atoms with Gasteiger partial charge < -0.3 is 19.1 Å². The lowest BCUT2D eigenvalue weighted by molar-refractivity contribution is 0.0497. The molecule has 1 fully saturated rings. The summed E-state index contributed by atoms with van der Waals surface area (Å²) in [6.07, 6.45) is 6.91. The molecule has 118 valence electrons. The summed E-state index contributed by atoms with van der Waals surface area (Å²) in [6, 6.07) is 1.41. The highest BCUT2D eigenvalue weighted by Crippen LogP contribution is 2.29. The van der Waals surface area contributed by atoms with Crippen molar-refractivity contribution in [1.29, 1.82) is 0 Å². The molecule has 7 nitrogen and oxygen atoms in total. The van der Waals surface area contributed by atoms with Gasteiger partial charge in [-0.2, -0.15) is 0 Å². The second kappa shape index (κ2) is 6.74. The van der Waals surface area contributed by atoms with E-state index in [0.29, 0.717) is 19.1 Å². The number of aromatic nitrogens is 3. The molecule has 0 bridgehead atoms. The third kappa shape index (κ3) is 3.04. The fourth-order valence-corrected chi connectivity index (χ4v) is 2.85. The highest BCUT2D eigenvalue weighted by molar-refractivity contribution is 5.92. The Morgan fingerprint density at radius 1 is 1.50 bits per heavy atom. The van der Waals surface area contributed by atoms with Gasteiger partial charge in [-0.1, -0.05) is 5.16 Å². The van der Waals surface area contributed by atoms with Gasteiger partial charge in [0.05, 0.1) is 6.04 Å². The quantitative estimate of drug-likeness (QED) is 0.910. The molecule has 1 saturated heterocycles. The fourth-order valence-electron chi connectivity index (χ4n) is 2.85. The van der Waals surface area contributed by atoms with Crippen molar-refractivity contribution >= 4 is 5.91 Å². The Hall–Kier alpha value is -2.15. The second-order valence-corrected chi connectivity index (χ2v) is 5.36. The van der Waals surface area contributed by atoms with Gasteiger partial charge >= 0.3 is 0 Å². The minimum Gasteiger partial charge on any atom is -0.381 e. The first kappa shape index (κ1) is 14.8. The summed E-state index contributed by atoms with van der Waals surface area (Å²) in [5.41, 5.74) is 0.284. The molecule has 0 radical (unpaired) electrons. The van der Waals surface area contributed by atoms with Crippen LogP contribution in [0.3, 0.4) is 0 Å². The van der Waals surface area contributed by atoms with Crippen molar-refractivity contribution in [3.05, 3.63) is 36.2 Å². The van der Waals surface area contributed by atoms with E-state index in [0.717, 1.165) is 25.2 Å². The number of hydrogen-bond donors (Lipinski definition) is 1. The summed E-state index contributed by atoms with van der Waals surface area (Å²) >= 11 is 0. The first-order valence-electron chi connectivity index (χ1n) is 7.59. The Kier molecular flexibility index (Phi) is 4.53. The van der Waals surface area contributed by atoms with Crippen molar-refractivity contribution in [2.45, 2.75) is 32.4 Å². The van der Waals surface area contributed by atoms with E-state index in [4.69, 9.17) is 9.26 Å². The monoisotopic (exact) mass is 304 g/mol. The summed E-state index contributed by atoms with van der Waals surface area (Å²) < 4.78 is 12.2. The molecule has 1 N–H and O–H groups in total. The molecule has 0 aliphatic carbocycles. The smallest absolute Gasteiger partial charge is 0.274 e. The predicted molar refractivity (Wildman–Crippen MR) is 78.2 cm³/mol. The number of nitrogens with zero attached hydrogens (tertiary/aromatic N) is 3. The van der Waals surface area contributed by atoms with Gasteiger partial charge in [0.15, 0.2) is 5.69 Å². The van der Waals surface area contributed by atoms with Crippen LogP contribution in [-0.2, 0) is 11.3 Å². The SMILES string of the molecule is CCn1ccnc1[C@@H](NC(=O)c1ccon1)C1CCOCC1. The van der Waals surface area contributed by atoms with E-state index in [1.165, 1.54) is 6.26 Å². The van der Waals surface area contributed by atoms with Crippen LogP contribution in [0.15, 0.2) is 29.2 Å². The van der Waals surface area contributed by atoms with E-state index in [1.54, 1.807) is 12.3 Å². The van der Waals surface area contributed by atoms with Gasteiger partial charge in [-0.05, 0) is 25.7 Å². The van der Waals surface area contributed by atoms with Crippen LogP contribution in [-0.4, -0.2) is 33.8 Å². The van der Waals surface area contributed by atoms with Crippen LogP contribution in [0.1, 0.15) is 42.1 Å². The molecule has 1 aliphatic heterocycles. The molecule has 1 atom stereocenters. The molecule has 7 heteroatoms. The minimum absolute atomic E-state index is 0.150. The first-order chi connectivity index (χ1) is 10.8. The van der Waals surface area contributed by atoms with Crippen LogP contribution in [0, 0.1) is 5.92 Å². The Labute approximate surface area is 128 Å². The number of amides is 1. The van der Waals surface area contributed by atoms with Crippen LogP contribution in [0.5, 0.6) is 0 Å². The Morgan fingerprint density at radius 3 is 3.00 bits per heavy atom. The summed E-state index contributed by atoms with van der Waals surface area (Å²) in [4.78, 5) is 16.8. The van der Waals surface area contributed by atoms with Gasteiger partial charge in [0.2, 0.25) is 0 Å². The molecule has 3 heterocycles. The molecule has 22 heavy (non-hydrogen) atoms. The van der Waals surface area contributed by atoms with Gasteiger partial charge in [-0.3, -0.25) is 4.79 Å². The molecular formula is C15H20N4O3. The third-order valence-corrected chi connectivity index (χ3v) is 4.06. The maximum absolute atomic E-state index is 12.4. The lowest BCUT2D eigenvalue weighted by Crippen LogP contribution is -2.37. The van der Waals surface area contributed by atoms with Gasteiger partial charge in [0.25, 0.3) is 5.91 Å². The van der Waals surface area contributed by atoms with E-state index in [2.05, 4.69) is 26.9 Å². The van der Waals surface area contributed by atoms with Crippen molar-refractivity contribution in [3.63, 3.8) is 0 Å². The van der Waals surface area contributed by atoms with Crippen LogP contribution < -0.4 is 5.32 Å². The van der Waals surface area contributed by atoms with Crippen LogP contribution in [0.2, 0.25) is 0 Å². The summed E-state index contributed by atoms with van der Waals surface area (Å²) in [5.74, 6) is 0.944. The number of carbonyl (C=O) groups excluding carboxylic acids is 1. The van der Waals surface area contributed by atoms with Crippen LogP contribution >= 0.6 is 0 Å². The molecule has 2 aromatic rings. The van der Waals surface area contributed by atoms with Crippen LogP contribution in [0.4, 0.5) is 0 Å². The molecule has 3 rings (SSSR count). The average Bonchev–Trinajstić information content (AvgIpc) is 3.24. The number of aryl methyl sites for hydroxylation is 1. The number of carbonyl (C=O) groups is 1. The molecular weight excluding hydrogens is 284 g/mol. The van der Waals surface area contributed by atoms with Gasteiger partial charge in [-0.25, -0.2) is 4.98 Å². The third-order valence-electron chi connectivity index (χ3n) is 4.06. The van der Waals surface area contributed by atoms with E-state index < -0.39 is 0 Å². The largest absolute Gasteiger partial charge is 0.381 e. The Bertz CT molecular complexity index is 602. The van der Waals surface area contributed by atoms with E-state index in [9.17, 15) is 4.79 Å². The molecule has 0 spiro atoms. The topological polar surface area (TPSA) is 82.2 Å². The fraction of sp³-hybridized carbons (Fsp3) is 0.533. The molecule has 0 saturated carbocycles. The van der Waals surface area contributed by atoms with Gasteiger partial charge in [-0.15, -0.1) is 0 Å². The van der Waals surface area contributed by atoms with Crippen molar-refractivity contribution in [1.82, 2.24) is 20.0 Å². The summed E-state index contributed by atoms with van der Waals surface area (Å²) in [5, 5.41) is 6.77. The van der Waals surface area contributed by atoms with Crippen molar-refractivity contribution < 1.29 is 14.1 Å². The Balaban J connectivity index is 1.84. The summed E-state index contributed by atoms with van der Waals surface area (Å²) in [6.45, 7) is 4.31. The second-order valence-electron chi connectivity index (χ2n) is 5.36. The lowest BCUT2D eigenvalue weighted by atomic mass is 9.91. The minimum atomic E-state index is -0.240. The van der Waals surface area contributed by atoms with Crippen molar-refractivity contribution in [2.24, 2.45) is 5.92 Å². The van der Waals surface area contributed by atoms with Gasteiger partial charge in [0, 0.05) is 38.2 Å². The van der Waals surface area contributed by atoms with Crippen molar-refractivity contribution in [2.75, 3.05) is 13.2 Å². The summed E-state index contributed by atoms with van der Waals surface area (Å²) in [7, 11) is 0. The first-order valence-corrected chi connectivity index (χ1v) is 7.59. The highest BCUT2D eigenvalue weighted by Gasteiger charge is 2.30. The normalized spacial score (nSPS) is 17.3. The number of hydrogen-bond acceptors (Lipinski definition) is 5. The number of imidazole rings is 1. The van der Waals surface area contributed by atoms with Crippen LogP contribution in [0.25, 0.3) is 0 Å². The number of nitrogens with one attached hydrogen (secondary N) is 1. The highest BCUT2D eigenvalue weighted by atomic mass is 16.5. The maximum atomic E-state index is 12.4. The zero-order valence-corrected chi connectivity index (χ0v) is 12.6. The lowest BCUT2D eigenvalue weighted by Gasteiger charge is -2.30. The number of ether oxygens (including phenoxy) is 1. The van der Waals surface area contributed by atoms with E-state index in [1.807, 2.05) is 6.20 Å². The molecule has 2 aromatic heterocycles. The molecule has 1 amide bonds. The molecule has 0 aromatic carbocycles. The number of rotatable bonds is 5. The van der Waals surface area contributed by atoms with Crippen molar-refractivity contribution in [3.8, 4) is 0 Å². The zero-order chi connectivity index (χ0) is 15.4. The van der Waals surface area contributed by atoms with E-state index in [-0.39, 0.29) is 17.6 Å². The zero-order valence-electron chi connectivity index (χ0n) is 12.6. The predicted octanol–water partition coefficient (Wildman–Crippen LogP) is 1.79. The standard InChI is InChI=1S/C15H20N4O3/c1-2-19-7-6-16-14(19)13(11-3-8-21-9-4-11)17-15(20)12-5-10-22-18-12/h5-7,10-11,13H,2-4,8-9H2,1H3,(H,17,20)/t13-/m0/s1. The molecule has 1 aliphatic rings. The average molecular weight is 304 g/mol. The maximum Gasteiger partial charge on any atom is 0.274 e.